The van der Waals surface area contributed by atoms with Crippen molar-refractivity contribution in [2.24, 2.45) is 0 Å². The van der Waals surface area contributed by atoms with Crippen molar-refractivity contribution in [2.45, 2.75) is 11.5 Å². The summed E-state index contributed by atoms with van der Waals surface area (Å²) in [7, 11) is 0. The van der Waals surface area contributed by atoms with Crippen LogP contribution in [0.25, 0.3) is 0 Å². The Kier molecular flexibility index (Phi) is 4.51. The number of nitro groups is 3. The van der Waals surface area contributed by atoms with Crippen LogP contribution < -0.4 is 0 Å². The van der Waals surface area contributed by atoms with Gasteiger partial charge in [0.2, 0.25) is 0 Å². The molecule has 2 aromatic carbocycles. The van der Waals surface area contributed by atoms with Crippen LogP contribution in [0.15, 0.2) is 84.2 Å². The highest BCUT2D eigenvalue weighted by molar-refractivity contribution is 5.51. The van der Waals surface area contributed by atoms with E-state index in [0.717, 1.165) is 6.08 Å². The fourth-order valence-electron chi connectivity index (χ4n) is 3.46. The zero-order valence-corrected chi connectivity index (χ0v) is 13.8. The van der Waals surface area contributed by atoms with Gasteiger partial charge < -0.3 is 0 Å². The molecule has 0 amide bonds. The summed E-state index contributed by atoms with van der Waals surface area (Å²) in [6.45, 7) is 0. The summed E-state index contributed by atoms with van der Waals surface area (Å²) in [5.41, 5.74) is -2.63. The maximum absolute atomic E-state index is 12.0. The first kappa shape index (κ1) is 17.9. The Bertz CT molecular complexity index is 930. The van der Waals surface area contributed by atoms with E-state index in [9.17, 15) is 30.3 Å². The molecule has 1 aliphatic rings. The minimum absolute atomic E-state index is 0.427. The Balaban J connectivity index is 2.41. The molecule has 0 spiro atoms. The average molecular weight is 367 g/mol. The van der Waals surface area contributed by atoms with Crippen molar-refractivity contribution in [3.8, 4) is 0 Å². The Morgan fingerprint density at radius 3 is 1.59 bits per heavy atom. The molecule has 0 bridgehead atoms. The van der Waals surface area contributed by atoms with Gasteiger partial charge in [-0.1, -0.05) is 66.7 Å². The highest BCUT2D eigenvalue weighted by Crippen LogP contribution is 2.44. The first-order valence-corrected chi connectivity index (χ1v) is 7.86. The van der Waals surface area contributed by atoms with Crippen molar-refractivity contribution < 1.29 is 14.8 Å². The molecule has 9 nitrogen and oxygen atoms in total. The van der Waals surface area contributed by atoms with E-state index in [1.165, 1.54) is 6.08 Å². The summed E-state index contributed by atoms with van der Waals surface area (Å²) in [5, 5.41) is 34.9. The van der Waals surface area contributed by atoms with E-state index in [2.05, 4.69) is 0 Å². The molecule has 0 radical (unpaired) electrons. The Morgan fingerprint density at radius 2 is 1.22 bits per heavy atom. The number of hydrogen-bond donors (Lipinski definition) is 0. The molecular formula is C18H13N3O6. The number of benzene rings is 2. The predicted octanol–water partition coefficient (Wildman–Crippen LogP) is 2.95. The summed E-state index contributed by atoms with van der Waals surface area (Å²) >= 11 is 0. The van der Waals surface area contributed by atoms with Crippen LogP contribution >= 0.6 is 0 Å². The van der Waals surface area contributed by atoms with Gasteiger partial charge in [-0.3, -0.25) is 30.3 Å². The maximum atomic E-state index is 12.0. The SMILES string of the molecule is O=[N+]([O-])C1=C([N+](=O)[O-])C([N+](=O)[O-])C(c2ccccc2)(c2ccccc2)C=C1. The van der Waals surface area contributed by atoms with Crippen LogP contribution in [-0.2, 0) is 5.41 Å². The zero-order valence-electron chi connectivity index (χ0n) is 13.8. The third kappa shape index (κ3) is 2.84. The molecule has 0 fully saturated rings. The second-order valence-corrected chi connectivity index (χ2v) is 5.91. The van der Waals surface area contributed by atoms with Gasteiger partial charge in [0.25, 0.3) is 0 Å². The van der Waals surface area contributed by atoms with Crippen molar-refractivity contribution in [1.29, 1.82) is 0 Å². The lowest BCUT2D eigenvalue weighted by atomic mass is 9.66. The van der Waals surface area contributed by atoms with Crippen molar-refractivity contribution in [3.63, 3.8) is 0 Å². The monoisotopic (exact) mass is 367 g/mol. The highest BCUT2D eigenvalue weighted by atomic mass is 16.7. The van der Waals surface area contributed by atoms with Gasteiger partial charge in [-0.2, -0.15) is 0 Å². The minimum atomic E-state index is -1.97. The summed E-state index contributed by atoms with van der Waals surface area (Å²) in [6.07, 6.45) is 2.30. The van der Waals surface area contributed by atoms with Gasteiger partial charge in [0.1, 0.15) is 5.41 Å². The van der Waals surface area contributed by atoms with Gasteiger partial charge in [0, 0.05) is 11.0 Å². The Hall–Kier alpha value is -3.88. The normalized spacial score (nSPS) is 18.1. The lowest BCUT2D eigenvalue weighted by Gasteiger charge is -2.34. The molecule has 0 heterocycles. The second-order valence-electron chi connectivity index (χ2n) is 5.91. The summed E-state index contributed by atoms with van der Waals surface area (Å²) in [5.74, 6) is 0. The highest BCUT2D eigenvalue weighted by Gasteiger charge is 2.60. The molecular weight excluding hydrogens is 354 g/mol. The smallest absolute Gasteiger partial charge is 0.264 e. The molecule has 136 valence electrons. The second kappa shape index (κ2) is 6.79. The molecule has 3 rings (SSSR count). The number of nitrogens with zero attached hydrogens (tertiary/aromatic N) is 3. The third-order valence-electron chi connectivity index (χ3n) is 4.56. The van der Waals surface area contributed by atoms with Crippen LogP contribution in [0.5, 0.6) is 0 Å². The van der Waals surface area contributed by atoms with Crippen molar-refractivity contribution in [3.05, 3.63) is 126 Å². The number of rotatable bonds is 5. The van der Waals surface area contributed by atoms with Gasteiger partial charge in [-0.05, 0) is 11.1 Å². The maximum Gasteiger partial charge on any atom is 0.397 e. The Morgan fingerprint density at radius 1 is 0.741 bits per heavy atom. The molecule has 9 heteroatoms. The molecule has 0 saturated carbocycles. The standard InChI is InChI=1S/C18H13N3O6/c22-19(23)15-11-12-18(13-7-3-1-4-8-13,14-9-5-2-6-10-14)17(21(26)27)16(15)20(24)25/h1-12,17H. The average Bonchev–Trinajstić information content (AvgIpc) is 2.67. The quantitative estimate of drug-likeness (QED) is 0.590. The lowest BCUT2D eigenvalue weighted by Crippen LogP contribution is -2.49. The number of hydrogen-bond acceptors (Lipinski definition) is 6. The van der Waals surface area contributed by atoms with Crippen LogP contribution in [0.2, 0.25) is 0 Å². The van der Waals surface area contributed by atoms with E-state index in [-0.39, 0.29) is 0 Å². The van der Waals surface area contributed by atoms with E-state index >= 15 is 0 Å². The van der Waals surface area contributed by atoms with Crippen LogP contribution in [0.4, 0.5) is 0 Å². The molecule has 1 aliphatic carbocycles. The molecule has 0 aromatic heterocycles. The van der Waals surface area contributed by atoms with Gasteiger partial charge >= 0.3 is 17.4 Å². The van der Waals surface area contributed by atoms with Crippen LogP contribution in [0.3, 0.4) is 0 Å². The van der Waals surface area contributed by atoms with Crippen molar-refractivity contribution >= 4 is 0 Å². The van der Waals surface area contributed by atoms with Crippen molar-refractivity contribution in [2.75, 3.05) is 0 Å². The molecule has 0 aliphatic heterocycles. The van der Waals surface area contributed by atoms with Gasteiger partial charge in [0.05, 0.1) is 9.85 Å². The first-order chi connectivity index (χ1) is 12.9. The largest absolute Gasteiger partial charge is 0.397 e. The van der Waals surface area contributed by atoms with Crippen LogP contribution in [0, 0.1) is 30.3 Å². The van der Waals surface area contributed by atoms with Gasteiger partial charge in [-0.25, -0.2) is 0 Å². The van der Waals surface area contributed by atoms with E-state index in [1.807, 2.05) is 0 Å². The molecule has 2 aromatic rings. The minimum Gasteiger partial charge on any atom is -0.264 e. The fourth-order valence-corrected chi connectivity index (χ4v) is 3.46. The molecule has 1 unspecified atom stereocenters. The summed E-state index contributed by atoms with van der Waals surface area (Å²) in [4.78, 5) is 32.1. The Labute approximate surface area is 152 Å². The van der Waals surface area contributed by atoms with E-state index < -0.39 is 37.6 Å². The summed E-state index contributed by atoms with van der Waals surface area (Å²) < 4.78 is 0. The molecule has 0 N–H and O–H groups in total. The van der Waals surface area contributed by atoms with E-state index in [4.69, 9.17) is 0 Å². The van der Waals surface area contributed by atoms with Gasteiger partial charge in [0.15, 0.2) is 0 Å². The van der Waals surface area contributed by atoms with Gasteiger partial charge in [-0.15, -0.1) is 0 Å². The number of allylic oxidation sites excluding steroid dienone is 1. The van der Waals surface area contributed by atoms with Crippen LogP contribution in [-0.4, -0.2) is 20.8 Å². The lowest BCUT2D eigenvalue weighted by molar-refractivity contribution is -0.570. The first-order valence-electron chi connectivity index (χ1n) is 7.86. The molecule has 1 atom stereocenters. The van der Waals surface area contributed by atoms with Crippen LogP contribution in [0.1, 0.15) is 11.1 Å². The van der Waals surface area contributed by atoms with E-state index in [0.29, 0.717) is 11.1 Å². The molecule has 27 heavy (non-hydrogen) atoms. The topological polar surface area (TPSA) is 129 Å². The van der Waals surface area contributed by atoms with Crippen molar-refractivity contribution in [1.82, 2.24) is 0 Å². The molecule has 0 saturated heterocycles. The summed E-state index contributed by atoms with van der Waals surface area (Å²) in [6, 6.07) is 14.5. The zero-order chi connectivity index (χ0) is 19.6. The fraction of sp³-hybridized carbons (Fsp3) is 0.111. The van der Waals surface area contributed by atoms with E-state index in [1.54, 1.807) is 60.7 Å². The predicted molar refractivity (Wildman–Crippen MR) is 94.6 cm³/mol. The third-order valence-corrected chi connectivity index (χ3v) is 4.56.